The Balaban J connectivity index is 2.61. The fourth-order valence-corrected chi connectivity index (χ4v) is 6.52. The minimum atomic E-state index is -5.16. The van der Waals surface area contributed by atoms with Crippen LogP contribution in [0.5, 0.6) is 0 Å². The van der Waals surface area contributed by atoms with Gasteiger partial charge in [-0.25, -0.2) is 16.8 Å². The van der Waals surface area contributed by atoms with Crippen molar-refractivity contribution in [2.75, 3.05) is 16.2 Å². The number of hydrogen-bond donors (Lipinski definition) is 1. The van der Waals surface area contributed by atoms with Gasteiger partial charge in [-0.05, 0) is 6.42 Å². The number of halogens is 3. The van der Waals surface area contributed by atoms with Crippen molar-refractivity contribution in [3.63, 3.8) is 0 Å². The van der Waals surface area contributed by atoms with Crippen molar-refractivity contribution in [3.05, 3.63) is 37.9 Å². The van der Waals surface area contributed by atoms with Gasteiger partial charge >= 0.3 is 17.6 Å². The fraction of sp³-hybridized carbons (Fsp3) is 0.455. The third-order valence-electron chi connectivity index (χ3n) is 3.69. The molecule has 1 N–H and O–H groups in total. The molecule has 1 atom stereocenters. The highest BCUT2D eigenvalue weighted by Gasteiger charge is 2.42. The van der Waals surface area contributed by atoms with Crippen LogP contribution in [0.3, 0.4) is 0 Å². The first-order valence-electron chi connectivity index (χ1n) is 6.90. The molecule has 11 nitrogen and oxygen atoms in total. The summed E-state index contributed by atoms with van der Waals surface area (Å²) in [4.78, 5) is 19.3. The first kappa shape index (κ1) is 20.8. The molecule has 2 rings (SSSR count). The molecule has 1 unspecified atom stereocenters. The van der Waals surface area contributed by atoms with E-state index in [9.17, 15) is 50.2 Å². The summed E-state index contributed by atoms with van der Waals surface area (Å²) in [6.45, 7) is 0. The van der Waals surface area contributed by atoms with E-state index >= 15 is 0 Å². The number of nitro groups is 2. The summed E-state index contributed by atoms with van der Waals surface area (Å²) in [5, 5.41) is 20.6. The topological polar surface area (TPSA) is 167 Å². The van der Waals surface area contributed by atoms with Gasteiger partial charge in [0.15, 0.2) is 9.84 Å². The van der Waals surface area contributed by atoms with Crippen LogP contribution in [0.15, 0.2) is 12.1 Å². The lowest BCUT2D eigenvalue weighted by atomic mass is 10.1. The maximum absolute atomic E-state index is 12.8. The van der Waals surface area contributed by atoms with Gasteiger partial charge in [-0.1, -0.05) is 0 Å². The zero-order valence-electron chi connectivity index (χ0n) is 13.0. The lowest BCUT2D eigenvalue weighted by Gasteiger charge is -2.14. The maximum Gasteiger partial charge on any atom is 0.416 e. The van der Waals surface area contributed by atoms with E-state index in [4.69, 9.17) is 0 Å². The highest BCUT2D eigenvalue weighted by Crippen LogP contribution is 2.42. The quantitative estimate of drug-likeness (QED) is 0.538. The average Bonchev–Trinajstić information content (AvgIpc) is 2.86. The van der Waals surface area contributed by atoms with Gasteiger partial charge in [0.25, 0.3) is 0 Å². The van der Waals surface area contributed by atoms with E-state index in [1.807, 2.05) is 0 Å². The number of sulfonamides is 1. The minimum absolute atomic E-state index is 0.0454. The third-order valence-corrected chi connectivity index (χ3v) is 7.44. The summed E-state index contributed by atoms with van der Waals surface area (Å²) < 4.78 is 87.4. The summed E-state index contributed by atoms with van der Waals surface area (Å²) in [5.74, 6) is -1.29. The zero-order valence-corrected chi connectivity index (χ0v) is 14.6. The van der Waals surface area contributed by atoms with Crippen molar-refractivity contribution in [1.82, 2.24) is 0 Å². The number of anilines is 1. The summed E-state index contributed by atoms with van der Waals surface area (Å²) in [7, 11) is -8.35. The van der Waals surface area contributed by atoms with Gasteiger partial charge in [-0.15, -0.1) is 0 Å². The van der Waals surface area contributed by atoms with Gasteiger partial charge < -0.3 is 0 Å². The van der Waals surface area contributed by atoms with E-state index in [2.05, 4.69) is 0 Å². The Morgan fingerprint density at radius 3 is 1.93 bits per heavy atom. The molecule has 1 heterocycles. The largest absolute Gasteiger partial charge is 0.416 e. The second kappa shape index (κ2) is 6.59. The van der Waals surface area contributed by atoms with Crippen molar-refractivity contribution in [2.45, 2.75) is 17.8 Å². The van der Waals surface area contributed by atoms with Crippen LogP contribution in [0.1, 0.15) is 12.0 Å². The number of rotatable bonds is 5. The second-order valence-corrected chi connectivity index (χ2v) is 9.76. The highest BCUT2D eigenvalue weighted by atomic mass is 32.2. The van der Waals surface area contributed by atoms with Crippen LogP contribution in [0.25, 0.3) is 0 Å². The summed E-state index contributed by atoms with van der Waals surface area (Å²) >= 11 is 0. The number of alkyl halides is 3. The number of hydrogen-bond acceptors (Lipinski definition) is 8. The normalized spacial score (nSPS) is 19.6. The standard InChI is InChI=1S/C11H10F3N3O8S2/c12-11(13,14)6-3-8(16(18)19)10(9(4-6)17(20)21)15-27(24,25)7-1-2-26(22,23)5-7/h3-4,7,15H,1-2,5H2. The molecule has 150 valence electrons. The van der Waals surface area contributed by atoms with E-state index in [0.717, 1.165) is 0 Å². The van der Waals surface area contributed by atoms with Crippen molar-refractivity contribution in [1.29, 1.82) is 0 Å². The van der Waals surface area contributed by atoms with Crippen LogP contribution in [0.4, 0.5) is 30.2 Å². The number of nitrogens with one attached hydrogen (secondary N) is 1. The van der Waals surface area contributed by atoms with Gasteiger partial charge in [0.1, 0.15) is 0 Å². The molecule has 0 aromatic heterocycles. The Labute approximate surface area is 149 Å². The van der Waals surface area contributed by atoms with Crippen LogP contribution >= 0.6 is 0 Å². The minimum Gasteiger partial charge on any atom is -0.271 e. The number of benzene rings is 1. The molecular weight excluding hydrogens is 423 g/mol. The first-order valence-corrected chi connectivity index (χ1v) is 10.3. The third kappa shape index (κ3) is 4.44. The molecule has 1 fully saturated rings. The van der Waals surface area contributed by atoms with Gasteiger partial charge in [0.05, 0.1) is 32.2 Å². The summed E-state index contributed by atoms with van der Waals surface area (Å²) in [6, 6.07) is -0.0908. The molecule has 16 heteroatoms. The monoisotopic (exact) mass is 433 g/mol. The van der Waals surface area contributed by atoms with E-state index in [0.29, 0.717) is 0 Å². The average molecular weight is 433 g/mol. The number of nitro benzene ring substituents is 2. The Hall–Kier alpha value is -2.49. The van der Waals surface area contributed by atoms with Crippen molar-refractivity contribution in [2.24, 2.45) is 0 Å². The lowest BCUT2D eigenvalue weighted by molar-refractivity contribution is -0.392. The Morgan fingerprint density at radius 2 is 1.59 bits per heavy atom. The van der Waals surface area contributed by atoms with Crippen LogP contribution < -0.4 is 4.72 Å². The van der Waals surface area contributed by atoms with Crippen LogP contribution in [0, 0.1) is 20.2 Å². The molecule has 0 radical (unpaired) electrons. The number of nitrogens with zero attached hydrogens (tertiary/aromatic N) is 2. The molecule has 1 aliphatic rings. The predicted octanol–water partition coefficient (Wildman–Crippen LogP) is 1.45. The molecule has 0 amide bonds. The summed E-state index contributed by atoms with van der Waals surface area (Å²) in [6.07, 6.45) is -5.52. The molecule has 1 saturated heterocycles. The maximum atomic E-state index is 12.8. The smallest absolute Gasteiger partial charge is 0.271 e. The molecule has 1 aromatic rings. The molecule has 27 heavy (non-hydrogen) atoms. The Kier molecular flexibility index (Phi) is 5.08. The zero-order chi connectivity index (χ0) is 20.8. The van der Waals surface area contributed by atoms with E-state index in [-0.39, 0.29) is 18.6 Å². The van der Waals surface area contributed by atoms with Gasteiger partial charge in [-0.3, -0.25) is 25.0 Å². The Morgan fingerprint density at radius 1 is 1.11 bits per heavy atom. The van der Waals surface area contributed by atoms with Gasteiger partial charge in [0.2, 0.25) is 15.7 Å². The van der Waals surface area contributed by atoms with E-state index in [1.165, 1.54) is 4.72 Å². The van der Waals surface area contributed by atoms with E-state index in [1.54, 1.807) is 0 Å². The SMILES string of the molecule is O=[N+]([O-])c1cc(C(F)(F)F)cc([N+](=O)[O-])c1NS(=O)(=O)C1CCS(=O)(=O)C1. The van der Waals surface area contributed by atoms with Crippen LogP contribution in [0.2, 0.25) is 0 Å². The fourth-order valence-electron chi connectivity index (χ4n) is 2.40. The Bertz CT molecular complexity index is 985. The molecule has 1 aliphatic heterocycles. The van der Waals surface area contributed by atoms with Gasteiger partial charge in [-0.2, -0.15) is 13.2 Å². The molecular formula is C11H10F3N3O8S2. The van der Waals surface area contributed by atoms with Crippen molar-refractivity contribution < 1.29 is 39.9 Å². The molecule has 1 aromatic carbocycles. The van der Waals surface area contributed by atoms with Crippen LogP contribution in [-0.2, 0) is 26.0 Å². The molecule has 0 bridgehead atoms. The predicted molar refractivity (Wildman–Crippen MR) is 84.4 cm³/mol. The lowest BCUT2D eigenvalue weighted by Crippen LogP contribution is -2.29. The highest BCUT2D eigenvalue weighted by molar-refractivity contribution is 7.97. The molecule has 0 saturated carbocycles. The summed E-state index contributed by atoms with van der Waals surface area (Å²) in [5.41, 5.74) is -5.96. The molecule has 0 spiro atoms. The molecule has 0 aliphatic carbocycles. The van der Waals surface area contributed by atoms with Crippen molar-refractivity contribution >= 4 is 36.9 Å². The van der Waals surface area contributed by atoms with Crippen molar-refractivity contribution in [3.8, 4) is 0 Å². The van der Waals surface area contributed by atoms with Crippen LogP contribution in [-0.4, -0.2) is 43.4 Å². The van der Waals surface area contributed by atoms with E-state index < -0.39 is 75.3 Å². The van der Waals surface area contributed by atoms with Gasteiger partial charge in [0, 0.05) is 12.1 Å². The first-order chi connectivity index (χ1) is 12.1. The number of sulfone groups is 1. The second-order valence-electron chi connectivity index (χ2n) is 5.57.